The van der Waals surface area contributed by atoms with Crippen LogP contribution in [0.1, 0.15) is 6.93 Å². The summed E-state index contributed by atoms with van der Waals surface area (Å²) in [6.07, 6.45) is 1.76. The summed E-state index contributed by atoms with van der Waals surface area (Å²) < 4.78 is 7.18. The maximum atomic E-state index is 7.18. The average molecular weight is 170 g/mol. The van der Waals surface area contributed by atoms with Crippen molar-refractivity contribution < 1.29 is 1.37 Å². The van der Waals surface area contributed by atoms with Crippen LogP contribution in [0.5, 0.6) is 0 Å². The van der Waals surface area contributed by atoms with Crippen LogP contribution < -0.4 is 0 Å². The van der Waals surface area contributed by atoms with Gasteiger partial charge in [-0.15, -0.1) is 0 Å². The summed E-state index contributed by atoms with van der Waals surface area (Å²) in [4.78, 5) is 4.30. The summed E-state index contributed by atoms with van der Waals surface area (Å²) in [7, 11) is 0. The molecule has 0 saturated heterocycles. The first kappa shape index (κ1) is 6.84. The maximum Gasteiger partial charge on any atom is 0.0702 e. The second-order valence-corrected chi connectivity index (χ2v) is 2.92. The van der Waals surface area contributed by atoms with Crippen LogP contribution in [0.2, 0.25) is 0 Å². The van der Waals surface area contributed by atoms with Crippen molar-refractivity contribution in [2.45, 2.75) is 6.90 Å². The predicted molar refractivity (Wildman–Crippen MR) is 54.4 cm³/mol. The highest BCUT2D eigenvalue weighted by Gasteiger charge is 1.95. The van der Waals surface area contributed by atoms with E-state index in [2.05, 4.69) is 4.98 Å². The molecular weight excluding hydrogens is 158 g/mol. The van der Waals surface area contributed by atoms with Crippen molar-refractivity contribution in [3.63, 3.8) is 0 Å². The molecule has 0 aliphatic carbocycles. The highest BCUT2D eigenvalue weighted by molar-refractivity contribution is 5.58. The Morgan fingerprint density at radius 2 is 1.92 bits per heavy atom. The van der Waals surface area contributed by atoms with Crippen LogP contribution in [0.15, 0.2) is 48.7 Å². The summed E-state index contributed by atoms with van der Waals surface area (Å²) in [6.45, 7) is 0.294. The standard InChI is InChI=1S/C12H11N/c1-10-7-8-12(13-9-10)11-5-3-2-4-6-11/h2-9H,1H3/i1D. The van der Waals surface area contributed by atoms with E-state index < -0.39 is 0 Å². The Hall–Kier alpha value is -1.63. The minimum absolute atomic E-state index is 0.294. The van der Waals surface area contributed by atoms with E-state index in [9.17, 15) is 0 Å². The number of hydrogen-bond acceptors (Lipinski definition) is 1. The van der Waals surface area contributed by atoms with E-state index in [1.807, 2.05) is 42.5 Å². The first-order chi connectivity index (χ1) is 6.90. The third-order valence-electron chi connectivity index (χ3n) is 1.89. The van der Waals surface area contributed by atoms with Crippen LogP contribution >= 0.6 is 0 Å². The van der Waals surface area contributed by atoms with Gasteiger partial charge < -0.3 is 0 Å². The average Bonchev–Trinajstić information content (AvgIpc) is 2.30. The van der Waals surface area contributed by atoms with Gasteiger partial charge in [-0.1, -0.05) is 36.4 Å². The SMILES string of the molecule is [2H]Cc1ccc(-c2ccccc2)nc1. The molecule has 0 N–H and O–H groups in total. The number of rotatable bonds is 1. The molecular formula is C12H11N. The molecule has 0 spiro atoms. The first-order valence-corrected chi connectivity index (χ1v) is 4.20. The quantitative estimate of drug-likeness (QED) is 0.641. The zero-order valence-corrected chi connectivity index (χ0v) is 7.27. The molecule has 0 saturated carbocycles. The number of nitrogens with zero attached hydrogens (tertiary/aromatic N) is 1. The number of benzene rings is 1. The number of aryl methyl sites for hydroxylation is 1. The minimum Gasteiger partial charge on any atom is -0.256 e. The molecule has 0 aliphatic heterocycles. The van der Waals surface area contributed by atoms with E-state index in [1.54, 1.807) is 6.20 Å². The fraction of sp³-hybridized carbons (Fsp3) is 0.0833. The lowest BCUT2D eigenvalue weighted by Crippen LogP contribution is -1.82. The third-order valence-corrected chi connectivity index (χ3v) is 1.89. The molecule has 1 nitrogen and oxygen atoms in total. The van der Waals surface area contributed by atoms with Crippen LogP contribution in [-0.2, 0) is 0 Å². The van der Waals surface area contributed by atoms with Crippen LogP contribution in [0, 0.1) is 6.90 Å². The van der Waals surface area contributed by atoms with Gasteiger partial charge in [0.2, 0.25) is 0 Å². The molecule has 1 heteroatoms. The molecule has 0 atom stereocenters. The summed E-state index contributed by atoms with van der Waals surface area (Å²) in [6, 6.07) is 13.9. The molecule has 0 fully saturated rings. The van der Waals surface area contributed by atoms with Crippen molar-refractivity contribution in [3.05, 3.63) is 54.2 Å². The number of aromatic nitrogens is 1. The lowest BCUT2D eigenvalue weighted by Gasteiger charge is -1.99. The van der Waals surface area contributed by atoms with Crippen molar-refractivity contribution >= 4 is 0 Å². The summed E-state index contributed by atoms with van der Waals surface area (Å²) in [5.41, 5.74) is 3.02. The fourth-order valence-electron chi connectivity index (χ4n) is 1.20. The van der Waals surface area contributed by atoms with E-state index in [4.69, 9.17) is 1.37 Å². The lowest BCUT2D eigenvalue weighted by molar-refractivity contribution is 1.27. The first-order valence-electron chi connectivity index (χ1n) is 4.90. The van der Waals surface area contributed by atoms with Gasteiger partial charge in [-0.3, -0.25) is 4.98 Å². The second-order valence-electron chi connectivity index (χ2n) is 2.92. The van der Waals surface area contributed by atoms with Crippen LogP contribution in [0.4, 0.5) is 0 Å². The molecule has 0 unspecified atom stereocenters. The summed E-state index contributed by atoms with van der Waals surface area (Å²) in [5, 5.41) is 0. The van der Waals surface area contributed by atoms with Gasteiger partial charge in [0.05, 0.1) is 5.69 Å². The van der Waals surface area contributed by atoms with Crippen molar-refractivity contribution in [2.24, 2.45) is 0 Å². The Morgan fingerprint density at radius 3 is 2.54 bits per heavy atom. The molecule has 13 heavy (non-hydrogen) atoms. The third kappa shape index (κ3) is 1.75. The molecule has 1 heterocycles. The van der Waals surface area contributed by atoms with Gasteiger partial charge in [0, 0.05) is 13.1 Å². The molecule has 0 aliphatic rings. The summed E-state index contributed by atoms with van der Waals surface area (Å²) in [5.74, 6) is 0. The van der Waals surface area contributed by atoms with Gasteiger partial charge in [-0.25, -0.2) is 0 Å². The van der Waals surface area contributed by atoms with E-state index in [1.165, 1.54) is 0 Å². The number of hydrogen-bond donors (Lipinski definition) is 0. The smallest absolute Gasteiger partial charge is 0.0702 e. The van der Waals surface area contributed by atoms with Crippen LogP contribution in [0.25, 0.3) is 11.3 Å². The molecule has 0 radical (unpaired) electrons. The Balaban J connectivity index is 2.34. The topological polar surface area (TPSA) is 12.9 Å². The van der Waals surface area contributed by atoms with Gasteiger partial charge in [-0.05, 0) is 18.5 Å². The minimum atomic E-state index is 0.294. The van der Waals surface area contributed by atoms with Gasteiger partial charge in [0.25, 0.3) is 0 Å². The van der Waals surface area contributed by atoms with E-state index >= 15 is 0 Å². The van der Waals surface area contributed by atoms with Crippen molar-refractivity contribution in [1.29, 1.82) is 0 Å². The monoisotopic (exact) mass is 170 g/mol. The van der Waals surface area contributed by atoms with E-state index in [0.29, 0.717) is 6.90 Å². The second kappa shape index (κ2) is 3.40. The van der Waals surface area contributed by atoms with Gasteiger partial charge >= 0.3 is 0 Å². The molecule has 1 aromatic heterocycles. The van der Waals surface area contributed by atoms with Crippen molar-refractivity contribution in [2.75, 3.05) is 0 Å². The lowest BCUT2D eigenvalue weighted by atomic mass is 10.1. The van der Waals surface area contributed by atoms with Gasteiger partial charge in [-0.2, -0.15) is 0 Å². The molecule has 2 rings (SSSR count). The predicted octanol–water partition coefficient (Wildman–Crippen LogP) is 3.06. The van der Waals surface area contributed by atoms with Gasteiger partial charge in [0.15, 0.2) is 0 Å². The molecule has 0 amide bonds. The molecule has 64 valence electrons. The Bertz CT molecular complexity index is 394. The largest absolute Gasteiger partial charge is 0.256 e. The Labute approximate surface area is 79.5 Å². The maximum absolute atomic E-state index is 7.18. The molecule has 2 aromatic rings. The normalized spacial score (nSPS) is 10.9. The van der Waals surface area contributed by atoms with Crippen LogP contribution in [0.3, 0.4) is 0 Å². The Kier molecular flexibility index (Phi) is 1.79. The van der Waals surface area contributed by atoms with E-state index in [-0.39, 0.29) is 0 Å². The van der Waals surface area contributed by atoms with Crippen molar-refractivity contribution in [3.8, 4) is 11.3 Å². The molecule has 1 aromatic carbocycles. The zero-order valence-electron chi connectivity index (χ0n) is 8.27. The summed E-state index contributed by atoms with van der Waals surface area (Å²) >= 11 is 0. The fourth-order valence-corrected chi connectivity index (χ4v) is 1.20. The Morgan fingerprint density at radius 1 is 1.08 bits per heavy atom. The zero-order chi connectivity index (χ0) is 9.80. The highest BCUT2D eigenvalue weighted by Crippen LogP contribution is 2.15. The highest BCUT2D eigenvalue weighted by atomic mass is 14.7. The van der Waals surface area contributed by atoms with Gasteiger partial charge in [0.1, 0.15) is 0 Å². The molecule has 0 bridgehead atoms. The van der Waals surface area contributed by atoms with E-state index in [0.717, 1.165) is 16.8 Å². The van der Waals surface area contributed by atoms with Crippen LogP contribution in [-0.4, -0.2) is 4.98 Å². The van der Waals surface area contributed by atoms with Crippen molar-refractivity contribution in [1.82, 2.24) is 4.98 Å². The number of pyridine rings is 1.